The first-order chi connectivity index (χ1) is 18.5. The summed E-state index contributed by atoms with van der Waals surface area (Å²) >= 11 is 0. The number of aryl methyl sites for hydroxylation is 2. The number of nitrogens with zero attached hydrogens (tertiary/aromatic N) is 2. The second-order valence-electron chi connectivity index (χ2n) is 12.6. The van der Waals surface area contributed by atoms with Crippen molar-refractivity contribution in [2.24, 2.45) is 23.7 Å². The van der Waals surface area contributed by atoms with E-state index in [1.165, 1.54) is 6.42 Å². The van der Waals surface area contributed by atoms with Crippen LogP contribution in [0.5, 0.6) is 0 Å². The number of amides is 3. The van der Waals surface area contributed by atoms with Crippen LogP contribution in [0.25, 0.3) is 0 Å². The quantitative estimate of drug-likeness (QED) is 0.498. The molecule has 39 heavy (non-hydrogen) atoms. The summed E-state index contributed by atoms with van der Waals surface area (Å²) in [5.74, 6) is -1.08. The third-order valence-electron chi connectivity index (χ3n) is 9.45. The molecule has 8 heteroatoms. The summed E-state index contributed by atoms with van der Waals surface area (Å²) in [5, 5.41) is 6.36. The van der Waals surface area contributed by atoms with Gasteiger partial charge in [0, 0.05) is 18.3 Å². The first-order valence-corrected chi connectivity index (χ1v) is 14.5. The Morgan fingerprint density at radius 2 is 1.82 bits per heavy atom. The van der Waals surface area contributed by atoms with E-state index in [9.17, 15) is 14.4 Å². The van der Waals surface area contributed by atoms with Crippen LogP contribution < -0.4 is 10.6 Å². The van der Waals surface area contributed by atoms with E-state index in [0.717, 1.165) is 36.9 Å². The van der Waals surface area contributed by atoms with Crippen LogP contribution in [0.15, 0.2) is 30.4 Å². The normalized spacial score (nSPS) is 35.0. The maximum absolute atomic E-state index is 14.1. The average Bonchev–Trinajstić information content (AvgIpc) is 3.49. The molecule has 1 aromatic rings. The lowest BCUT2D eigenvalue weighted by Gasteiger charge is -2.38. The number of anilines is 1. The molecule has 2 bridgehead atoms. The minimum Gasteiger partial charge on any atom is -0.359 e. The Morgan fingerprint density at radius 3 is 2.51 bits per heavy atom. The molecular weight excluding hydrogens is 492 g/mol. The van der Waals surface area contributed by atoms with Crippen LogP contribution in [0.3, 0.4) is 0 Å². The Hall–Kier alpha value is -2.71. The highest BCUT2D eigenvalue weighted by Crippen LogP contribution is 2.55. The average molecular weight is 537 g/mol. The Labute approximate surface area is 232 Å². The van der Waals surface area contributed by atoms with Gasteiger partial charge < -0.3 is 25.2 Å². The largest absolute Gasteiger partial charge is 0.359 e. The summed E-state index contributed by atoms with van der Waals surface area (Å²) in [4.78, 5) is 45.6. The molecule has 0 unspecified atom stereocenters. The number of rotatable bonds is 8. The van der Waals surface area contributed by atoms with Gasteiger partial charge in [-0.05, 0) is 82.4 Å². The standard InChI is InChI=1S/C31H44N4O4/c1-18-15-19(2)17-22(16-18)32-28(36)25-24-11-12-31(39-24)26(25)30(38)35(14-8-13-34(5)6)27(31)29(37)33-23-10-7-9-20(3)21(23)4/h11-12,15-17,20-21,23-27H,7-10,13-14H2,1-6H3,(H,32,36)(H,33,37)/t20-,21-,23-,24-,25+,26-,27-,31-/m1/s1. The lowest BCUT2D eigenvalue weighted by Crippen LogP contribution is -2.58. The van der Waals surface area contributed by atoms with E-state index in [1.807, 2.05) is 52.2 Å². The zero-order valence-corrected chi connectivity index (χ0v) is 24.2. The molecule has 3 fully saturated rings. The van der Waals surface area contributed by atoms with Crippen molar-refractivity contribution in [1.82, 2.24) is 15.1 Å². The monoisotopic (exact) mass is 536 g/mol. The Morgan fingerprint density at radius 1 is 1.10 bits per heavy atom. The SMILES string of the molecule is Cc1cc(C)cc(NC(=O)[C@H]2[C@H]3C=C[C@@]4(O3)[C@H]2C(=O)N(CCCN(C)C)[C@@H]4C(=O)N[C@@H]2CCC[C@@H](C)[C@H]2C)c1. The fourth-order valence-electron chi connectivity index (χ4n) is 7.38. The van der Waals surface area contributed by atoms with Crippen molar-refractivity contribution >= 4 is 23.4 Å². The van der Waals surface area contributed by atoms with Gasteiger partial charge in [0.15, 0.2) is 0 Å². The highest BCUT2D eigenvalue weighted by Gasteiger charge is 2.72. The van der Waals surface area contributed by atoms with Crippen LogP contribution in [0.2, 0.25) is 0 Å². The third kappa shape index (κ3) is 5.02. The zero-order chi connectivity index (χ0) is 28.1. The van der Waals surface area contributed by atoms with Gasteiger partial charge in [-0.2, -0.15) is 0 Å². The molecule has 1 saturated carbocycles. The fourth-order valence-corrected chi connectivity index (χ4v) is 7.38. The van der Waals surface area contributed by atoms with E-state index in [2.05, 4.69) is 35.4 Å². The predicted molar refractivity (Wildman–Crippen MR) is 151 cm³/mol. The lowest BCUT2D eigenvalue weighted by molar-refractivity contribution is -0.141. The minimum absolute atomic E-state index is 0.0710. The number of fused-ring (bicyclic) bond motifs is 1. The Balaban J connectivity index is 1.43. The van der Waals surface area contributed by atoms with Crippen LogP contribution in [0, 0.1) is 37.5 Å². The van der Waals surface area contributed by atoms with Crippen molar-refractivity contribution in [2.75, 3.05) is 32.5 Å². The molecular formula is C31H44N4O4. The molecule has 1 spiro atoms. The number of hydrogen-bond donors (Lipinski definition) is 2. The van der Waals surface area contributed by atoms with Gasteiger partial charge in [-0.15, -0.1) is 0 Å². The molecule has 1 aromatic carbocycles. The van der Waals surface area contributed by atoms with Gasteiger partial charge in [0.05, 0.1) is 17.9 Å². The zero-order valence-electron chi connectivity index (χ0n) is 24.2. The lowest BCUT2D eigenvalue weighted by atomic mass is 9.73. The van der Waals surface area contributed by atoms with Crippen LogP contribution in [0.4, 0.5) is 5.69 Å². The molecule has 212 valence electrons. The van der Waals surface area contributed by atoms with Crippen LogP contribution in [-0.4, -0.2) is 78.5 Å². The van der Waals surface area contributed by atoms with Gasteiger partial charge in [-0.3, -0.25) is 14.4 Å². The summed E-state index contributed by atoms with van der Waals surface area (Å²) in [5.41, 5.74) is 1.69. The van der Waals surface area contributed by atoms with Crippen LogP contribution in [0.1, 0.15) is 50.7 Å². The van der Waals surface area contributed by atoms with Gasteiger partial charge in [-0.25, -0.2) is 0 Å². The fraction of sp³-hybridized carbons (Fsp3) is 0.645. The molecule has 4 aliphatic rings. The predicted octanol–water partition coefficient (Wildman–Crippen LogP) is 3.29. The number of carbonyl (C=O) groups excluding carboxylic acids is 3. The molecule has 3 amide bonds. The van der Waals surface area contributed by atoms with Crippen molar-refractivity contribution in [2.45, 2.75) is 77.2 Å². The molecule has 5 rings (SSSR count). The van der Waals surface area contributed by atoms with E-state index in [0.29, 0.717) is 24.1 Å². The van der Waals surface area contributed by atoms with Gasteiger partial charge in [-0.1, -0.05) is 44.9 Å². The van der Waals surface area contributed by atoms with Gasteiger partial charge in [0.25, 0.3) is 0 Å². The summed E-state index contributed by atoms with van der Waals surface area (Å²) < 4.78 is 6.50. The minimum atomic E-state index is -1.13. The summed E-state index contributed by atoms with van der Waals surface area (Å²) in [6.45, 7) is 9.66. The smallest absolute Gasteiger partial charge is 0.246 e. The van der Waals surface area contributed by atoms with Crippen molar-refractivity contribution in [3.63, 3.8) is 0 Å². The summed E-state index contributed by atoms with van der Waals surface area (Å²) in [6, 6.07) is 5.19. The second kappa shape index (κ2) is 10.7. The van der Waals surface area contributed by atoms with E-state index >= 15 is 0 Å². The van der Waals surface area contributed by atoms with Gasteiger partial charge >= 0.3 is 0 Å². The number of likely N-dealkylation sites (tertiary alicyclic amines) is 1. The molecule has 3 heterocycles. The topological polar surface area (TPSA) is 91.0 Å². The maximum Gasteiger partial charge on any atom is 0.246 e. The van der Waals surface area contributed by atoms with Gasteiger partial charge in [0.2, 0.25) is 17.7 Å². The number of benzene rings is 1. The number of carbonyl (C=O) groups is 3. The van der Waals surface area contributed by atoms with Crippen molar-refractivity contribution in [3.8, 4) is 0 Å². The number of ether oxygens (including phenoxy) is 1. The summed E-state index contributed by atoms with van der Waals surface area (Å²) in [7, 11) is 3.99. The van der Waals surface area contributed by atoms with E-state index in [-0.39, 0.29) is 23.8 Å². The van der Waals surface area contributed by atoms with Crippen molar-refractivity contribution in [3.05, 3.63) is 41.5 Å². The first-order valence-electron chi connectivity index (χ1n) is 14.5. The molecule has 8 nitrogen and oxygen atoms in total. The highest BCUT2D eigenvalue weighted by atomic mass is 16.5. The van der Waals surface area contributed by atoms with Gasteiger partial charge in [0.1, 0.15) is 11.6 Å². The van der Waals surface area contributed by atoms with Crippen molar-refractivity contribution < 1.29 is 19.1 Å². The molecule has 8 atom stereocenters. The molecule has 0 aromatic heterocycles. The molecule has 3 aliphatic heterocycles. The van der Waals surface area contributed by atoms with Crippen LogP contribution >= 0.6 is 0 Å². The third-order valence-corrected chi connectivity index (χ3v) is 9.45. The van der Waals surface area contributed by atoms with Crippen molar-refractivity contribution in [1.29, 1.82) is 0 Å². The van der Waals surface area contributed by atoms with E-state index in [1.54, 1.807) is 4.90 Å². The molecule has 2 N–H and O–H groups in total. The Kier molecular flexibility index (Phi) is 7.63. The van der Waals surface area contributed by atoms with E-state index < -0.39 is 29.6 Å². The number of hydrogen-bond acceptors (Lipinski definition) is 5. The second-order valence-corrected chi connectivity index (χ2v) is 12.6. The Bertz CT molecular complexity index is 1140. The van der Waals surface area contributed by atoms with Crippen LogP contribution in [-0.2, 0) is 19.1 Å². The molecule has 1 aliphatic carbocycles. The molecule has 0 radical (unpaired) electrons. The van der Waals surface area contributed by atoms with E-state index in [4.69, 9.17) is 4.74 Å². The highest BCUT2D eigenvalue weighted by molar-refractivity contribution is 6.02. The molecule has 2 saturated heterocycles. The summed E-state index contributed by atoms with van der Waals surface area (Å²) in [6.07, 6.45) is 7.17. The maximum atomic E-state index is 14.1. The number of nitrogens with one attached hydrogen (secondary N) is 2. The first kappa shape index (κ1) is 27.8.